The summed E-state index contributed by atoms with van der Waals surface area (Å²) in [7, 11) is 5.19. The number of carbonyl (C=O) groups is 1. The molecular weight excluding hydrogens is 354 g/mol. The number of benzene rings is 2. The summed E-state index contributed by atoms with van der Waals surface area (Å²) < 4.78 is 12.7. The Morgan fingerprint density at radius 3 is 2.46 bits per heavy atom. The number of ether oxygens (including phenoxy) is 2. The molecule has 28 heavy (non-hydrogen) atoms. The molecule has 1 heterocycles. The lowest BCUT2D eigenvalue weighted by Gasteiger charge is -2.24. The van der Waals surface area contributed by atoms with Crippen LogP contribution in [0.25, 0.3) is 10.9 Å². The maximum absolute atomic E-state index is 12.7. The molecule has 2 aromatic carbocycles. The maximum atomic E-state index is 12.7. The van der Waals surface area contributed by atoms with E-state index in [-0.39, 0.29) is 18.0 Å². The highest BCUT2D eigenvalue weighted by Crippen LogP contribution is 2.32. The summed E-state index contributed by atoms with van der Waals surface area (Å²) in [5.41, 5.74) is 2.81. The lowest BCUT2D eigenvalue weighted by molar-refractivity contribution is 0.244. The van der Waals surface area contributed by atoms with Crippen LogP contribution >= 0.6 is 0 Å². The van der Waals surface area contributed by atoms with E-state index in [0.717, 1.165) is 22.2 Å². The van der Waals surface area contributed by atoms with E-state index in [1.54, 1.807) is 14.2 Å². The van der Waals surface area contributed by atoms with E-state index in [4.69, 9.17) is 9.47 Å². The SMILES string of the molecule is COc1ccc([C@H](NC(=O)Nc2cccc3c2ccn3C)C(C)C)cc1OC. The van der Waals surface area contributed by atoms with E-state index in [1.807, 2.05) is 60.3 Å². The van der Waals surface area contributed by atoms with Crippen molar-refractivity contribution in [1.82, 2.24) is 9.88 Å². The number of carbonyl (C=O) groups excluding carboxylic acids is 1. The van der Waals surface area contributed by atoms with Crippen molar-refractivity contribution in [1.29, 1.82) is 0 Å². The fraction of sp³-hybridized carbons (Fsp3) is 0.318. The number of hydrogen-bond acceptors (Lipinski definition) is 3. The molecule has 0 aliphatic heterocycles. The number of rotatable bonds is 6. The van der Waals surface area contributed by atoms with Crippen molar-refractivity contribution >= 4 is 22.6 Å². The molecule has 0 radical (unpaired) electrons. The molecule has 2 N–H and O–H groups in total. The van der Waals surface area contributed by atoms with E-state index >= 15 is 0 Å². The third kappa shape index (κ3) is 3.91. The molecule has 0 fully saturated rings. The summed E-state index contributed by atoms with van der Waals surface area (Å²) >= 11 is 0. The van der Waals surface area contributed by atoms with Crippen molar-refractivity contribution in [2.75, 3.05) is 19.5 Å². The predicted octanol–water partition coefficient (Wildman–Crippen LogP) is 4.71. The Morgan fingerprint density at radius 1 is 1.04 bits per heavy atom. The van der Waals surface area contributed by atoms with Gasteiger partial charge in [-0.1, -0.05) is 26.0 Å². The van der Waals surface area contributed by atoms with E-state index < -0.39 is 0 Å². The van der Waals surface area contributed by atoms with Crippen molar-refractivity contribution in [3.8, 4) is 11.5 Å². The molecule has 3 rings (SSSR count). The molecule has 2 amide bonds. The average Bonchev–Trinajstić information content (AvgIpc) is 3.07. The van der Waals surface area contributed by atoms with Gasteiger partial charge in [0, 0.05) is 24.1 Å². The number of fused-ring (bicyclic) bond motifs is 1. The third-order valence-electron chi connectivity index (χ3n) is 4.90. The summed E-state index contributed by atoms with van der Waals surface area (Å²) in [6.07, 6.45) is 1.98. The van der Waals surface area contributed by atoms with Crippen LogP contribution in [-0.2, 0) is 7.05 Å². The number of aryl methyl sites for hydroxylation is 1. The number of nitrogens with zero attached hydrogens (tertiary/aromatic N) is 1. The molecule has 1 atom stereocenters. The average molecular weight is 381 g/mol. The Balaban J connectivity index is 1.81. The van der Waals surface area contributed by atoms with E-state index in [1.165, 1.54) is 0 Å². The van der Waals surface area contributed by atoms with Gasteiger partial charge < -0.3 is 24.7 Å². The van der Waals surface area contributed by atoms with Gasteiger partial charge >= 0.3 is 6.03 Å². The zero-order valence-electron chi connectivity index (χ0n) is 16.9. The first-order chi connectivity index (χ1) is 13.4. The smallest absolute Gasteiger partial charge is 0.319 e. The molecule has 0 aliphatic carbocycles. The second-order valence-corrected chi connectivity index (χ2v) is 7.10. The lowest BCUT2D eigenvalue weighted by Crippen LogP contribution is -2.35. The number of nitrogens with one attached hydrogen (secondary N) is 2. The maximum Gasteiger partial charge on any atom is 0.319 e. The molecule has 3 aromatic rings. The second-order valence-electron chi connectivity index (χ2n) is 7.10. The standard InChI is InChI=1S/C22H27N3O3/c1-14(2)21(15-9-10-19(27-4)20(13-15)28-5)24-22(26)23-17-7-6-8-18-16(17)11-12-25(18)3/h6-14,21H,1-5H3,(H2,23,24,26)/t21-/m1/s1. The lowest BCUT2D eigenvalue weighted by atomic mass is 9.96. The molecule has 0 spiro atoms. The Labute approximate surface area is 165 Å². The van der Waals surface area contributed by atoms with Crippen LogP contribution in [0, 0.1) is 5.92 Å². The van der Waals surface area contributed by atoms with E-state index in [9.17, 15) is 4.79 Å². The number of anilines is 1. The van der Waals surface area contributed by atoms with Crippen LogP contribution in [-0.4, -0.2) is 24.8 Å². The molecule has 1 aromatic heterocycles. The van der Waals surface area contributed by atoms with Crippen molar-refractivity contribution in [2.45, 2.75) is 19.9 Å². The Bertz CT molecular complexity index is 978. The van der Waals surface area contributed by atoms with Gasteiger partial charge in [0.05, 0.1) is 25.9 Å². The Hall–Kier alpha value is -3.15. The van der Waals surface area contributed by atoms with Crippen molar-refractivity contribution < 1.29 is 14.3 Å². The molecule has 6 heteroatoms. The third-order valence-corrected chi connectivity index (χ3v) is 4.90. The predicted molar refractivity (Wildman–Crippen MR) is 112 cm³/mol. The molecule has 0 aliphatic rings. The number of methoxy groups -OCH3 is 2. The van der Waals surface area contributed by atoms with Crippen molar-refractivity contribution in [3.63, 3.8) is 0 Å². The fourth-order valence-electron chi connectivity index (χ4n) is 3.39. The number of amides is 2. The van der Waals surface area contributed by atoms with Crippen molar-refractivity contribution in [2.24, 2.45) is 13.0 Å². The Kier molecular flexibility index (Phi) is 5.78. The highest BCUT2D eigenvalue weighted by Gasteiger charge is 2.20. The van der Waals surface area contributed by atoms with Gasteiger partial charge in [-0.3, -0.25) is 0 Å². The summed E-state index contributed by atoms with van der Waals surface area (Å²) in [5.74, 6) is 1.49. The molecule has 0 saturated carbocycles. The number of urea groups is 1. The van der Waals surface area contributed by atoms with E-state index in [0.29, 0.717) is 11.5 Å². The molecular formula is C22H27N3O3. The minimum Gasteiger partial charge on any atom is -0.493 e. The van der Waals surface area contributed by atoms with Gasteiger partial charge in [0.15, 0.2) is 11.5 Å². The van der Waals surface area contributed by atoms with Crippen LogP contribution in [0.2, 0.25) is 0 Å². The normalized spacial score (nSPS) is 12.1. The summed E-state index contributed by atoms with van der Waals surface area (Å²) in [6.45, 7) is 4.14. The first-order valence-electron chi connectivity index (χ1n) is 9.28. The zero-order valence-corrected chi connectivity index (χ0v) is 16.9. The summed E-state index contributed by atoms with van der Waals surface area (Å²) in [4.78, 5) is 12.7. The fourth-order valence-corrected chi connectivity index (χ4v) is 3.39. The van der Waals surface area contributed by atoms with Crippen LogP contribution < -0.4 is 20.1 Å². The van der Waals surface area contributed by atoms with Gasteiger partial charge in [0.1, 0.15) is 0 Å². The molecule has 6 nitrogen and oxygen atoms in total. The van der Waals surface area contributed by atoms with Crippen LogP contribution in [0.15, 0.2) is 48.7 Å². The quantitative estimate of drug-likeness (QED) is 0.650. The molecule has 0 bridgehead atoms. The largest absolute Gasteiger partial charge is 0.493 e. The monoisotopic (exact) mass is 381 g/mol. The Morgan fingerprint density at radius 2 is 1.79 bits per heavy atom. The number of aromatic nitrogens is 1. The van der Waals surface area contributed by atoms with Crippen molar-refractivity contribution in [3.05, 3.63) is 54.2 Å². The second kappa shape index (κ2) is 8.25. The topological polar surface area (TPSA) is 64.5 Å². The highest BCUT2D eigenvalue weighted by atomic mass is 16.5. The molecule has 148 valence electrons. The van der Waals surface area contributed by atoms with Crippen LogP contribution in [0.5, 0.6) is 11.5 Å². The van der Waals surface area contributed by atoms with Gasteiger partial charge in [0.25, 0.3) is 0 Å². The van der Waals surface area contributed by atoms with Crippen LogP contribution in [0.1, 0.15) is 25.5 Å². The molecule has 0 saturated heterocycles. The van der Waals surface area contributed by atoms with E-state index in [2.05, 4.69) is 24.5 Å². The first-order valence-corrected chi connectivity index (χ1v) is 9.28. The summed E-state index contributed by atoms with van der Waals surface area (Å²) in [6, 6.07) is 13.2. The van der Waals surface area contributed by atoms with Crippen LogP contribution in [0.3, 0.4) is 0 Å². The van der Waals surface area contributed by atoms with Crippen LogP contribution in [0.4, 0.5) is 10.5 Å². The zero-order chi connectivity index (χ0) is 20.3. The minimum absolute atomic E-state index is 0.171. The summed E-state index contributed by atoms with van der Waals surface area (Å²) in [5, 5.41) is 7.08. The first kappa shape index (κ1) is 19.6. The van der Waals surface area contributed by atoms with Gasteiger partial charge in [-0.15, -0.1) is 0 Å². The number of hydrogen-bond donors (Lipinski definition) is 2. The molecule has 0 unspecified atom stereocenters. The highest BCUT2D eigenvalue weighted by molar-refractivity contribution is 6.01. The minimum atomic E-state index is -0.246. The van der Waals surface area contributed by atoms with Gasteiger partial charge in [0.2, 0.25) is 0 Å². The van der Waals surface area contributed by atoms with Gasteiger partial charge in [-0.2, -0.15) is 0 Å². The van der Waals surface area contributed by atoms with Gasteiger partial charge in [-0.25, -0.2) is 4.79 Å². The van der Waals surface area contributed by atoms with Gasteiger partial charge in [-0.05, 0) is 41.8 Å².